The molecule has 4 nitrogen and oxygen atoms in total. The predicted octanol–water partition coefficient (Wildman–Crippen LogP) is 4.19. The minimum Gasteiger partial charge on any atom is -0.346 e. The molecule has 1 N–H and O–H groups in total. The molecule has 30 heavy (non-hydrogen) atoms. The van der Waals surface area contributed by atoms with Crippen molar-refractivity contribution < 1.29 is 14.2 Å². The van der Waals surface area contributed by atoms with Gasteiger partial charge in [-0.15, -0.1) is 15.9 Å². The number of hydrogen-bond donors (Lipinski definition) is 1. The van der Waals surface area contributed by atoms with Crippen LogP contribution in [-0.2, 0) is 22.6 Å². The monoisotopic (exact) mass is 435 g/mol. The van der Waals surface area contributed by atoms with Gasteiger partial charge < -0.3 is 5.32 Å². The average molecular weight is 436 g/mol. The van der Waals surface area contributed by atoms with Crippen LogP contribution in [0, 0.1) is 0 Å². The molecule has 6 heteroatoms. The maximum atomic E-state index is 13.3. The number of carbonyl (C=O) groups excluding carboxylic acids is 2. The summed E-state index contributed by atoms with van der Waals surface area (Å²) in [5, 5.41) is 4.93. The lowest BCUT2D eigenvalue weighted by atomic mass is 10.1. The first-order valence-corrected chi connectivity index (χ1v) is 11.7. The second-order valence-corrected chi connectivity index (χ2v) is 9.27. The van der Waals surface area contributed by atoms with Gasteiger partial charge in [-0.2, -0.15) is 0 Å². The van der Waals surface area contributed by atoms with Crippen LogP contribution >= 0.6 is 23.1 Å². The molecule has 0 spiro atoms. The van der Waals surface area contributed by atoms with E-state index >= 15 is 0 Å². The van der Waals surface area contributed by atoms with E-state index < -0.39 is 0 Å². The average Bonchev–Trinajstić information content (AvgIpc) is 3.29. The summed E-state index contributed by atoms with van der Waals surface area (Å²) in [4.78, 5) is 27.6. The van der Waals surface area contributed by atoms with E-state index in [-0.39, 0.29) is 23.6 Å². The van der Waals surface area contributed by atoms with Crippen molar-refractivity contribution in [2.75, 3.05) is 6.54 Å². The summed E-state index contributed by atoms with van der Waals surface area (Å²) < 4.78 is 1.61. The van der Waals surface area contributed by atoms with Crippen molar-refractivity contribution >= 4 is 46.7 Å². The van der Waals surface area contributed by atoms with Gasteiger partial charge >= 0.3 is 5.91 Å². The number of nitrogens with zero attached hydrogens (tertiary/aromatic N) is 1. The predicted molar refractivity (Wildman–Crippen MR) is 125 cm³/mol. The highest BCUT2D eigenvalue weighted by Gasteiger charge is 2.39. The summed E-state index contributed by atoms with van der Waals surface area (Å²) in [7, 11) is 0. The Balaban J connectivity index is 1.56. The zero-order valence-electron chi connectivity index (χ0n) is 16.7. The van der Waals surface area contributed by atoms with Gasteiger partial charge in [-0.05, 0) is 35.1 Å². The topological polar surface area (TPSA) is 49.2 Å². The fourth-order valence-electron chi connectivity index (χ4n) is 3.35. The number of amides is 2. The SMILES string of the molecule is CCc1ccc(/C=C2/SC3C=CC=CC3=[N+](CC(=O)NCc3cccs3)C2=O)cc1. The number of nitrogens with one attached hydrogen (secondary N) is 1. The van der Waals surface area contributed by atoms with Crippen LogP contribution < -0.4 is 5.32 Å². The summed E-state index contributed by atoms with van der Waals surface area (Å²) in [6.07, 6.45) is 10.8. The first-order valence-electron chi connectivity index (χ1n) is 9.94. The van der Waals surface area contributed by atoms with Gasteiger partial charge in [0, 0.05) is 11.0 Å². The van der Waals surface area contributed by atoms with Crippen LogP contribution in [0.5, 0.6) is 0 Å². The number of thiophene rings is 1. The third-order valence-electron chi connectivity index (χ3n) is 5.00. The van der Waals surface area contributed by atoms with Gasteiger partial charge in [0.15, 0.2) is 0 Å². The normalized spacial score (nSPS) is 19.3. The van der Waals surface area contributed by atoms with Crippen LogP contribution in [-0.4, -0.2) is 33.9 Å². The van der Waals surface area contributed by atoms with Crippen molar-refractivity contribution in [3.8, 4) is 0 Å². The van der Waals surface area contributed by atoms with E-state index in [9.17, 15) is 9.59 Å². The Labute approximate surface area is 184 Å². The van der Waals surface area contributed by atoms with Crippen molar-refractivity contribution in [2.45, 2.75) is 25.1 Å². The molecule has 2 amide bonds. The molecule has 1 aliphatic carbocycles. The number of allylic oxidation sites excluding steroid dienone is 3. The highest BCUT2D eigenvalue weighted by atomic mass is 32.2. The molecule has 0 saturated carbocycles. The van der Waals surface area contributed by atoms with Crippen LogP contribution in [0.1, 0.15) is 22.9 Å². The molecule has 1 unspecified atom stereocenters. The van der Waals surface area contributed by atoms with Crippen LogP contribution in [0.4, 0.5) is 0 Å². The van der Waals surface area contributed by atoms with Crippen molar-refractivity contribution in [1.29, 1.82) is 0 Å². The number of benzene rings is 1. The highest BCUT2D eigenvalue weighted by Crippen LogP contribution is 2.32. The number of rotatable bonds is 6. The van der Waals surface area contributed by atoms with Crippen molar-refractivity contribution in [3.63, 3.8) is 0 Å². The Morgan fingerprint density at radius 2 is 2.03 bits per heavy atom. The van der Waals surface area contributed by atoms with E-state index in [4.69, 9.17) is 0 Å². The van der Waals surface area contributed by atoms with Gasteiger partial charge in [-0.3, -0.25) is 4.79 Å². The standard InChI is InChI=1S/C24H22N2O2S2/c1-2-17-9-11-18(12-10-17)14-22-24(28)26(20-7-3-4-8-21(20)30-22)16-23(27)25-15-19-6-5-13-29-19/h3-14,21H,2,15-16H2,1H3/p+1/b22-14+. The Kier molecular flexibility index (Phi) is 6.45. The number of fused-ring (bicyclic) bond motifs is 1. The van der Waals surface area contributed by atoms with Gasteiger partial charge in [0.05, 0.1) is 6.54 Å². The molecule has 1 aromatic carbocycles. The molecule has 4 rings (SSSR count). The summed E-state index contributed by atoms with van der Waals surface area (Å²) in [6, 6.07) is 12.2. The lowest BCUT2D eigenvalue weighted by Crippen LogP contribution is -2.43. The zero-order valence-corrected chi connectivity index (χ0v) is 18.3. The van der Waals surface area contributed by atoms with Crippen LogP contribution in [0.3, 0.4) is 0 Å². The molecule has 1 atom stereocenters. The molecule has 0 bridgehead atoms. The Bertz CT molecular complexity index is 1060. The fraction of sp³-hybridized carbons (Fsp3) is 0.208. The van der Waals surface area contributed by atoms with E-state index in [1.54, 1.807) is 15.9 Å². The van der Waals surface area contributed by atoms with Gasteiger partial charge in [0.1, 0.15) is 10.2 Å². The third-order valence-corrected chi connectivity index (χ3v) is 7.08. The van der Waals surface area contributed by atoms with Gasteiger partial charge in [-0.25, -0.2) is 4.79 Å². The molecule has 0 radical (unpaired) electrons. The molecule has 2 aliphatic rings. The summed E-state index contributed by atoms with van der Waals surface area (Å²) in [5.74, 6) is -0.290. The largest absolute Gasteiger partial charge is 0.426 e. The molecule has 1 aliphatic heterocycles. The molecule has 2 heterocycles. The number of thioether (sulfide) groups is 1. The molecule has 0 fully saturated rings. The van der Waals surface area contributed by atoms with E-state index in [0.717, 1.165) is 22.6 Å². The Hall–Kier alpha value is -2.70. The number of carbonyl (C=O) groups is 2. The summed E-state index contributed by atoms with van der Waals surface area (Å²) >= 11 is 3.14. The minimum absolute atomic E-state index is 0.0148. The van der Waals surface area contributed by atoms with Crippen LogP contribution in [0.25, 0.3) is 6.08 Å². The van der Waals surface area contributed by atoms with E-state index in [0.29, 0.717) is 11.4 Å². The summed E-state index contributed by atoms with van der Waals surface area (Å²) in [6.45, 7) is 2.62. The van der Waals surface area contributed by atoms with Gasteiger partial charge in [0.25, 0.3) is 5.91 Å². The van der Waals surface area contributed by atoms with E-state index in [2.05, 4.69) is 30.4 Å². The molecular formula is C24H23N2O2S2+. The van der Waals surface area contributed by atoms with E-state index in [1.165, 1.54) is 17.3 Å². The molecule has 1 aromatic heterocycles. The molecule has 152 valence electrons. The van der Waals surface area contributed by atoms with Crippen LogP contribution in [0.15, 0.2) is 71.0 Å². The van der Waals surface area contributed by atoms with Gasteiger partial charge in [-0.1, -0.05) is 67.2 Å². The van der Waals surface area contributed by atoms with Crippen molar-refractivity contribution in [1.82, 2.24) is 5.32 Å². The smallest absolute Gasteiger partial charge is 0.346 e. The molecular weight excluding hydrogens is 412 g/mol. The van der Waals surface area contributed by atoms with Gasteiger partial charge in [0.2, 0.25) is 12.3 Å². The second kappa shape index (κ2) is 9.41. The second-order valence-electron chi connectivity index (χ2n) is 7.06. The highest BCUT2D eigenvalue weighted by molar-refractivity contribution is 8.05. The molecule has 2 aromatic rings. The first-order chi connectivity index (χ1) is 14.6. The Morgan fingerprint density at radius 3 is 2.77 bits per heavy atom. The Morgan fingerprint density at radius 1 is 1.20 bits per heavy atom. The maximum Gasteiger partial charge on any atom is 0.426 e. The van der Waals surface area contributed by atoms with E-state index in [1.807, 2.05) is 53.9 Å². The lowest BCUT2D eigenvalue weighted by molar-refractivity contribution is -0.434. The third kappa shape index (κ3) is 4.71. The fourth-order valence-corrected chi connectivity index (χ4v) is 5.18. The number of aryl methyl sites for hydroxylation is 1. The molecule has 0 saturated heterocycles. The van der Waals surface area contributed by atoms with Crippen molar-refractivity contribution in [2.24, 2.45) is 0 Å². The van der Waals surface area contributed by atoms with Crippen molar-refractivity contribution in [3.05, 3.63) is 87.0 Å². The lowest BCUT2D eigenvalue weighted by Gasteiger charge is -2.20. The summed E-state index contributed by atoms with van der Waals surface area (Å²) in [5.41, 5.74) is 3.11. The van der Waals surface area contributed by atoms with Crippen LogP contribution in [0.2, 0.25) is 0 Å². The minimum atomic E-state index is -0.162. The maximum absolute atomic E-state index is 13.3. The quantitative estimate of drug-likeness (QED) is 0.547. The number of hydrogen-bond acceptors (Lipinski definition) is 4. The zero-order chi connectivity index (χ0) is 20.9. The first kappa shape index (κ1) is 20.6.